The summed E-state index contributed by atoms with van der Waals surface area (Å²) in [5.41, 5.74) is 6.22. The Balaban J connectivity index is 2.29. The molecule has 1 aromatic heterocycles. The Kier molecular flexibility index (Phi) is 5.30. The zero-order valence-electron chi connectivity index (χ0n) is 14.2. The fourth-order valence-corrected chi connectivity index (χ4v) is 1.84. The molecule has 1 aromatic carbocycles. The van der Waals surface area contributed by atoms with E-state index in [4.69, 9.17) is 4.74 Å². The molecule has 8 heteroatoms. The van der Waals surface area contributed by atoms with Gasteiger partial charge in [-0.25, -0.2) is 10.4 Å². The Labute approximate surface area is 140 Å². The van der Waals surface area contributed by atoms with E-state index in [0.717, 1.165) is 12.0 Å². The second kappa shape index (κ2) is 7.22. The maximum Gasteiger partial charge on any atom is 0.374 e. The van der Waals surface area contributed by atoms with Crippen molar-refractivity contribution in [2.24, 2.45) is 0 Å². The molecule has 0 amide bonds. The van der Waals surface area contributed by atoms with E-state index in [2.05, 4.69) is 20.8 Å². The Morgan fingerprint density at radius 2 is 1.88 bits per heavy atom. The largest absolute Gasteiger partial charge is 0.434 e. The molecule has 0 saturated heterocycles. The van der Waals surface area contributed by atoms with Gasteiger partial charge in [0, 0.05) is 5.54 Å². The van der Waals surface area contributed by atoms with Gasteiger partial charge in [-0.2, -0.15) is 4.98 Å². The van der Waals surface area contributed by atoms with Crippen molar-refractivity contribution in [2.75, 3.05) is 5.43 Å². The number of aryl methyl sites for hydroxylation is 1. The summed E-state index contributed by atoms with van der Waals surface area (Å²) in [4.78, 5) is 18.7. The predicted octanol–water partition coefficient (Wildman–Crippen LogP) is 3.45. The lowest BCUT2D eigenvalue weighted by Gasteiger charge is -2.21. The predicted molar refractivity (Wildman–Crippen MR) is 91.1 cm³/mol. The van der Waals surface area contributed by atoms with Crippen molar-refractivity contribution in [3.8, 4) is 11.6 Å². The number of nitrogens with one attached hydrogen (secondary N) is 2. The fourth-order valence-electron chi connectivity index (χ4n) is 1.84. The minimum Gasteiger partial charge on any atom is -0.434 e. The maximum atomic E-state index is 11.4. The zero-order chi connectivity index (χ0) is 17.7. The number of aromatic nitrogens is 2. The normalized spacial score (nSPS) is 11.2. The number of anilines is 1. The van der Waals surface area contributed by atoms with Crippen LogP contribution in [0.4, 0.5) is 11.5 Å². The monoisotopic (exact) mass is 331 g/mol. The minimum atomic E-state index is -0.567. The van der Waals surface area contributed by atoms with Crippen molar-refractivity contribution in [2.45, 2.75) is 39.7 Å². The van der Waals surface area contributed by atoms with Crippen LogP contribution in [0.25, 0.3) is 0 Å². The lowest BCUT2D eigenvalue weighted by molar-refractivity contribution is -0.385. The van der Waals surface area contributed by atoms with Gasteiger partial charge >= 0.3 is 11.6 Å². The Hall–Kier alpha value is -2.74. The molecule has 0 spiro atoms. The molecule has 2 N–H and O–H groups in total. The summed E-state index contributed by atoms with van der Waals surface area (Å²) in [6, 6.07) is 7.32. The standard InChI is InChI=1S/C16H21N5O3/c1-5-11-6-8-12(9-7-11)24-15-13(21(22)23)14(17-10-18-15)19-20-16(2,3)4/h6-10,20H,5H2,1-4H3,(H,17,18,19). The van der Waals surface area contributed by atoms with Gasteiger partial charge in [0.05, 0.1) is 4.92 Å². The molecule has 24 heavy (non-hydrogen) atoms. The van der Waals surface area contributed by atoms with Crippen LogP contribution >= 0.6 is 0 Å². The van der Waals surface area contributed by atoms with Gasteiger partial charge < -0.3 is 4.74 Å². The quantitative estimate of drug-likeness (QED) is 0.617. The minimum absolute atomic E-state index is 0.0464. The molecule has 128 valence electrons. The van der Waals surface area contributed by atoms with Gasteiger partial charge in [0.2, 0.25) is 5.82 Å². The van der Waals surface area contributed by atoms with Crippen molar-refractivity contribution in [3.63, 3.8) is 0 Å². The molecule has 0 aliphatic heterocycles. The van der Waals surface area contributed by atoms with E-state index in [1.807, 2.05) is 39.8 Å². The van der Waals surface area contributed by atoms with Crippen LogP contribution < -0.4 is 15.6 Å². The third-order valence-corrected chi connectivity index (χ3v) is 3.07. The molecule has 0 bridgehead atoms. The topological polar surface area (TPSA) is 102 Å². The molecular formula is C16H21N5O3. The average Bonchev–Trinajstić information content (AvgIpc) is 2.52. The molecule has 0 atom stereocenters. The summed E-state index contributed by atoms with van der Waals surface area (Å²) in [5, 5.41) is 11.4. The highest BCUT2D eigenvalue weighted by Crippen LogP contribution is 2.33. The van der Waals surface area contributed by atoms with Gasteiger partial charge in [0.15, 0.2) is 0 Å². The smallest absolute Gasteiger partial charge is 0.374 e. The van der Waals surface area contributed by atoms with E-state index in [1.54, 1.807) is 12.1 Å². The van der Waals surface area contributed by atoms with E-state index in [1.165, 1.54) is 6.33 Å². The first-order chi connectivity index (χ1) is 11.3. The average molecular weight is 331 g/mol. The summed E-state index contributed by atoms with van der Waals surface area (Å²) in [7, 11) is 0. The van der Waals surface area contributed by atoms with Gasteiger partial charge in [-0.1, -0.05) is 19.1 Å². The van der Waals surface area contributed by atoms with E-state index in [9.17, 15) is 10.1 Å². The molecule has 0 fully saturated rings. The van der Waals surface area contributed by atoms with E-state index in [-0.39, 0.29) is 22.9 Å². The van der Waals surface area contributed by atoms with Crippen LogP contribution in [0, 0.1) is 10.1 Å². The number of nitro groups is 1. The summed E-state index contributed by atoms with van der Waals surface area (Å²) in [5.74, 6) is 0.409. The van der Waals surface area contributed by atoms with Crippen LogP contribution in [0.5, 0.6) is 11.6 Å². The summed E-state index contributed by atoms with van der Waals surface area (Å²) in [6.45, 7) is 7.80. The second-order valence-electron chi connectivity index (χ2n) is 6.23. The van der Waals surface area contributed by atoms with Crippen molar-refractivity contribution >= 4 is 11.5 Å². The van der Waals surface area contributed by atoms with Crippen molar-refractivity contribution in [1.29, 1.82) is 0 Å². The molecule has 1 heterocycles. The van der Waals surface area contributed by atoms with Gasteiger partial charge in [-0.15, -0.1) is 0 Å². The van der Waals surface area contributed by atoms with E-state index >= 15 is 0 Å². The Bertz CT molecular complexity index is 711. The maximum absolute atomic E-state index is 11.4. The van der Waals surface area contributed by atoms with Gasteiger partial charge in [-0.05, 0) is 44.9 Å². The molecule has 0 unspecified atom stereocenters. The second-order valence-corrected chi connectivity index (χ2v) is 6.23. The van der Waals surface area contributed by atoms with Crippen LogP contribution in [0.2, 0.25) is 0 Å². The lowest BCUT2D eigenvalue weighted by Crippen LogP contribution is -2.40. The lowest BCUT2D eigenvalue weighted by atomic mass is 10.1. The highest BCUT2D eigenvalue weighted by atomic mass is 16.6. The zero-order valence-corrected chi connectivity index (χ0v) is 14.2. The first-order valence-corrected chi connectivity index (χ1v) is 7.59. The fraction of sp³-hybridized carbons (Fsp3) is 0.375. The molecule has 2 rings (SSSR count). The number of hydrogen-bond acceptors (Lipinski definition) is 7. The summed E-state index contributed by atoms with van der Waals surface area (Å²) >= 11 is 0. The Morgan fingerprint density at radius 3 is 2.42 bits per heavy atom. The number of hydrazine groups is 1. The van der Waals surface area contributed by atoms with Crippen LogP contribution in [0.3, 0.4) is 0 Å². The number of ether oxygens (including phenoxy) is 1. The van der Waals surface area contributed by atoms with Crippen LogP contribution in [-0.4, -0.2) is 20.4 Å². The number of benzene rings is 1. The SMILES string of the molecule is CCc1ccc(Oc2ncnc(NNC(C)(C)C)c2[N+](=O)[O-])cc1. The van der Waals surface area contributed by atoms with Gasteiger partial charge in [0.1, 0.15) is 12.1 Å². The van der Waals surface area contributed by atoms with Gasteiger partial charge in [0.25, 0.3) is 0 Å². The molecule has 0 aliphatic carbocycles. The van der Waals surface area contributed by atoms with E-state index in [0.29, 0.717) is 5.75 Å². The first kappa shape index (κ1) is 17.6. The summed E-state index contributed by atoms with van der Waals surface area (Å²) < 4.78 is 5.58. The van der Waals surface area contributed by atoms with Gasteiger partial charge in [-0.3, -0.25) is 15.5 Å². The molecule has 0 saturated carbocycles. The molecule has 0 aliphatic rings. The van der Waals surface area contributed by atoms with Crippen molar-refractivity contribution in [3.05, 3.63) is 46.3 Å². The number of hydrogen-bond donors (Lipinski definition) is 2. The van der Waals surface area contributed by atoms with Crippen LogP contribution in [0.1, 0.15) is 33.3 Å². The molecule has 0 radical (unpaired) electrons. The molecular weight excluding hydrogens is 310 g/mol. The highest BCUT2D eigenvalue weighted by Gasteiger charge is 2.26. The summed E-state index contributed by atoms with van der Waals surface area (Å²) in [6.07, 6.45) is 2.12. The number of nitrogens with zero attached hydrogens (tertiary/aromatic N) is 3. The van der Waals surface area contributed by atoms with Crippen molar-refractivity contribution < 1.29 is 9.66 Å². The van der Waals surface area contributed by atoms with E-state index < -0.39 is 4.92 Å². The number of rotatable bonds is 6. The van der Waals surface area contributed by atoms with Crippen molar-refractivity contribution in [1.82, 2.24) is 15.4 Å². The third kappa shape index (κ3) is 4.63. The van der Waals surface area contributed by atoms with Crippen LogP contribution in [0.15, 0.2) is 30.6 Å². The Morgan fingerprint density at radius 1 is 1.21 bits per heavy atom. The third-order valence-electron chi connectivity index (χ3n) is 3.07. The van der Waals surface area contributed by atoms with Crippen LogP contribution in [-0.2, 0) is 6.42 Å². The molecule has 8 nitrogen and oxygen atoms in total. The molecule has 2 aromatic rings. The highest BCUT2D eigenvalue weighted by molar-refractivity contribution is 5.61. The first-order valence-electron chi connectivity index (χ1n) is 7.59.